The summed E-state index contributed by atoms with van der Waals surface area (Å²) in [6.07, 6.45) is 10.2. The van der Waals surface area contributed by atoms with Gasteiger partial charge in [0.1, 0.15) is 48.0 Å². The van der Waals surface area contributed by atoms with E-state index in [2.05, 4.69) is 66.8 Å². The first-order valence-corrected chi connectivity index (χ1v) is 23.9. The number of rotatable bonds is 8. The van der Waals surface area contributed by atoms with Gasteiger partial charge in [0.15, 0.2) is 16.9 Å². The fourth-order valence-electron chi connectivity index (χ4n) is 9.26. The van der Waals surface area contributed by atoms with Crippen molar-refractivity contribution in [1.82, 2.24) is 44.9 Å². The molecule has 3 aromatic carbocycles. The maximum Gasteiger partial charge on any atom is 0.312 e. The molecule has 0 radical (unpaired) electrons. The van der Waals surface area contributed by atoms with Gasteiger partial charge in [0.05, 0.1) is 30.4 Å². The number of hydrogen-bond acceptors (Lipinski definition) is 15. The van der Waals surface area contributed by atoms with Crippen LogP contribution in [0.3, 0.4) is 0 Å². The molecule has 0 spiro atoms. The molecule has 0 unspecified atom stereocenters. The fourth-order valence-corrected chi connectivity index (χ4v) is 9.58. The van der Waals surface area contributed by atoms with Crippen molar-refractivity contribution < 1.29 is 23.0 Å². The number of hydrogen-bond donors (Lipinski definition) is 0. The average molecular weight is 993 g/mol. The predicted molar refractivity (Wildman–Crippen MR) is 272 cm³/mol. The van der Waals surface area contributed by atoms with Gasteiger partial charge < -0.3 is 28.9 Å². The number of methoxy groups -OCH3 is 2. The highest BCUT2D eigenvalue weighted by Gasteiger charge is 2.26. The van der Waals surface area contributed by atoms with Crippen molar-refractivity contribution in [3.63, 3.8) is 0 Å². The fraction of sp³-hybridized carbons (Fsp3) is 0.250. The molecule has 0 aliphatic carbocycles. The number of ether oxygens (including phenoxy) is 3. The van der Waals surface area contributed by atoms with Gasteiger partial charge in [-0.3, -0.25) is 0 Å². The molecule has 360 valence electrons. The van der Waals surface area contributed by atoms with Crippen LogP contribution in [0.4, 0.5) is 43.3 Å². The van der Waals surface area contributed by atoms with Gasteiger partial charge in [0, 0.05) is 55.3 Å². The van der Waals surface area contributed by atoms with Gasteiger partial charge in [-0.05, 0) is 169 Å². The van der Waals surface area contributed by atoms with Crippen LogP contribution in [0, 0.1) is 6.08 Å². The quantitative estimate of drug-likeness (QED) is 0.133. The maximum atomic E-state index is 13.8. The molecule has 0 fully saturated rings. The minimum absolute atomic E-state index is 0.0698. The first-order chi connectivity index (χ1) is 34.8. The van der Waals surface area contributed by atoms with Crippen LogP contribution in [-0.2, 0) is 19.3 Å². The van der Waals surface area contributed by atoms with E-state index in [9.17, 15) is 8.78 Å². The lowest BCUT2D eigenvalue weighted by Gasteiger charge is -2.31. The van der Waals surface area contributed by atoms with E-state index >= 15 is 0 Å². The number of fused-ring (bicyclic) bond motifs is 6. The topological polar surface area (TPSA) is 153 Å². The second kappa shape index (κ2) is 21.2. The van der Waals surface area contributed by atoms with Gasteiger partial charge in [-0.15, -0.1) is 0 Å². The third-order valence-electron chi connectivity index (χ3n) is 12.4. The zero-order valence-electron chi connectivity index (χ0n) is 38.8. The van der Waals surface area contributed by atoms with E-state index in [0.717, 1.165) is 120 Å². The van der Waals surface area contributed by atoms with Gasteiger partial charge in [-0.2, -0.15) is 34.3 Å². The monoisotopic (exact) mass is 991 g/mol. The molecule has 6 aromatic heterocycles. The largest absolute Gasteiger partial charge is 0.497 e. The van der Waals surface area contributed by atoms with Crippen LogP contribution >= 0.6 is 23.2 Å². The van der Waals surface area contributed by atoms with Crippen molar-refractivity contribution in [2.24, 2.45) is 0 Å². The molecule has 0 bridgehead atoms. The lowest BCUT2D eigenvalue weighted by molar-refractivity contribution is 0.273. The average Bonchev–Trinajstić information content (AvgIpc) is 3.41. The molecular formula is C52H46Cl2F2N12O3. The molecular weight excluding hydrogens is 947 g/mol. The van der Waals surface area contributed by atoms with Crippen LogP contribution in [0.1, 0.15) is 36.0 Å². The Kier molecular flexibility index (Phi) is 14.0. The second-order valence-corrected chi connectivity index (χ2v) is 17.3. The van der Waals surface area contributed by atoms with E-state index in [-0.39, 0.29) is 17.2 Å². The van der Waals surface area contributed by atoms with Crippen molar-refractivity contribution in [1.29, 1.82) is 0 Å². The Labute approximate surface area is 417 Å². The maximum absolute atomic E-state index is 13.8. The Bertz CT molecular complexity index is 3250. The Morgan fingerprint density at radius 2 is 0.901 bits per heavy atom. The molecule has 0 saturated heterocycles. The summed E-state index contributed by atoms with van der Waals surface area (Å²) in [5, 5.41) is 2.90. The molecule has 0 amide bonds. The first-order valence-electron chi connectivity index (χ1n) is 23.1. The summed E-state index contributed by atoms with van der Waals surface area (Å²) in [6, 6.07) is 29.2. The van der Waals surface area contributed by atoms with Crippen molar-refractivity contribution in [2.75, 3.05) is 61.8 Å². The zero-order chi connectivity index (χ0) is 48.8. The number of benzene rings is 3. The molecule has 12 rings (SSSR count). The van der Waals surface area contributed by atoms with E-state index in [1.54, 1.807) is 32.8 Å². The number of anilines is 6. The van der Waals surface area contributed by atoms with Crippen molar-refractivity contribution in [2.45, 2.75) is 38.5 Å². The van der Waals surface area contributed by atoms with E-state index < -0.39 is 12.8 Å². The highest BCUT2D eigenvalue weighted by Crippen LogP contribution is 2.40. The Hall–Kier alpha value is -7.63. The summed E-state index contributed by atoms with van der Waals surface area (Å²) < 4.78 is 42.2. The molecule has 0 N–H and O–H groups in total. The third kappa shape index (κ3) is 10.1. The van der Waals surface area contributed by atoms with Gasteiger partial charge in [0.2, 0.25) is 10.6 Å². The van der Waals surface area contributed by atoms with E-state index in [0.29, 0.717) is 28.5 Å². The van der Waals surface area contributed by atoms with Crippen LogP contribution in [0.2, 0.25) is 10.6 Å². The first kappa shape index (κ1) is 47.1. The molecule has 9 heterocycles. The number of nitrogens with zero attached hydrogens (tertiary/aromatic N) is 12. The lowest BCUT2D eigenvalue weighted by atomic mass is 10.0. The third-order valence-corrected chi connectivity index (χ3v) is 12.7. The van der Waals surface area contributed by atoms with E-state index in [1.807, 2.05) is 83.8 Å². The number of halogens is 4. The Morgan fingerprint density at radius 3 is 1.32 bits per heavy atom. The minimum atomic E-state index is -0.758. The molecule has 3 aliphatic heterocycles. The van der Waals surface area contributed by atoms with Crippen molar-refractivity contribution in [3.05, 3.63) is 143 Å². The van der Waals surface area contributed by atoms with E-state index in [4.69, 9.17) is 37.4 Å². The number of pyridine rings is 3. The Morgan fingerprint density at radius 1 is 0.507 bits per heavy atom. The number of aromatic nitrogens is 9. The summed E-state index contributed by atoms with van der Waals surface area (Å²) in [4.78, 5) is 44.2. The van der Waals surface area contributed by atoms with Crippen molar-refractivity contribution >= 4 is 90.8 Å². The summed E-state index contributed by atoms with van der Waals surface area (Å²) >= 11 is 12.2. The van der Waals surface area contributed by atoms with Crippen LogP contribution in [0.25, 0.3) is 33.1 Å². The number of alkyl halides is 1. The van der Waals surface area contributed by atoms with E-state index in [1.165, 1.54) is 11.1 Å². The molecule has 71 heavy (non-hydrogen) atoms. The Balaban J connectivity index is 0.000000123. The highest BCUT2D eigenvalue weighted by atomic mass is 35.5. The summed E-state index contributed by atoms with van der Waals surface area (Å²) in [7, 11) is 3.34. The summed E-state index contributed by atoms with van der Waals surface area (Å²) in [5.74, 6) is 4.50. The van der Waals surface area contributed by atoms with Crippen LogP contribution in [-0.4, -0.2) is 92.0 Å². The normalized spacial score (nSPS) is 13.9. The SMILES string of the molecule is COc1ccc2c(c1)CCCN2c1nc([18F])nc2ncccc12.[11CH3]Oc1ccc2c(c1)CCCN2c1nc(Cl)nc2ncccc12.[18F]CCOc1ccc2c(c1)CCCN2c1nc(Cl)nc2ncccc12. The highest BCUT2D eigenvalue weighted by molar-refractivity contribution is 6.29. The van der Waals surface area contributed by atoms with Crippen molar-refractivity contribution in [3.8, 4) is 17.2 Å². The smallest absolute Gasteiger partial charge is 0.312 e. The van der Waals surface area contributed by atoms with Gasteiger partial charge in [-0.1, -0.05) is 0 Å². The molecule has 0 saturated carbocycles. The molecule has 9 aromatic rings. The lowest BCUT2D eigenvalue weighted by Crippen LogP contribution is -2.26. The molecule has 19 heteroatoms. The zero-order valence-corrected chi connectivity index (χ0v) is 40.3. The van der Waals surface area contributed by atoms with Crippen LogP contribution in [0.5, 0.6) is 17.2 Å². The predicted octanol–water partition coefficient (Wildman–Crippen LogP) is 11.1. The molecule has 0 atom stereocenters. The molecule has 15 nitrogen and oxygen atoms in total. The minimum Gasteiger partial charge on any atom is -0.497 e. The molecule has 3 aliphatic rings. The second-order valence-electron chi connectivity index (χ2n) is 16.7. The van der Waals surface area contributed by atoms with Crippen LogP contribution in [0.15, 0.2) is 110 Å². The van der Waals surface area contributed by atoms with Gasteiger partial charge >= 0.3 is 6.08 Å². The standard InChI is InChI=1S/C18H16ClFN4O.C17H15ClN4O.C17H15FN4O/c19-18-22-16-14(4-1-8-21-16)17(23-18)24-9-2-3-12-11-13(25-10-7-20)5-6-15(12)24;2*1-23-12-6-7-14-11(10-12)4-3-9-22(14)16-13-5-2-8-19-15(13)20-17(18)21-16/h1,4-6,8,11H,2-3,7,9-10H2;2*2,5-8,10H,3-4,9H2,1H3/i20-1;1-1;18-1. The van der Waals surface area contributed by atoms with Gasteiger partial charge in [0.25, 0.3) is 0 Å². The number of aryl methyl sites for hydroxylation is 3. The van der Waals surface area contributed by atoms with Gasteiger partial charge in [-0.25, -0.2) is 19.3 Å². The van der Waals surface area contributed by atoms with Crippen LogP contribution < -0.4 is 28.9 Å². The summed E-state index contributed by atoms with van der Waals surface area (Å²) in [6.45, 7) is 2.06. The summed E-state index contributed by atoms with van der Waals surface area (Å²) in [5.41, 5.74) is 8.35.